The topological polar surface area (TPSA) is 101 Å². The first-order valence-electron chi connectivity index (χ1n) is 7.55. The van der Waals surface area contributed by atoms with Crippen LogP contribution in [0.5, 0.6) is 0 Å². The number of carbonyl (C=O) groups excluding carboxylic acids is 2. The first-order chi connectivity index (χ1) is 13.0. The number of amides is 2. The summed E-state index contributed by atoms with van der Waals surface area (Å²) >= 11 is 11.6. The van der Waals surface area contributed by atoms with Gasteiger partial charge in [0, 0.05) is 5.69 Å². The normalized spacial score (nSPS) is 10.9. The molecule has 27 heavy (non-hydrogen) atoms. The Hall–Kier alpha value is -3.16. The van der Waals surface area contributed by atoms with Crippen molar-refractivity contribution in [3.05, 3.63) is 74.6 Å². The van der Waals surface area contributed by atoms with Gasteiger partial charge in [-0.1, -0.05) is 35.3 Å². The van der Waals surface area contributed by atoms with Gasteiger partial charge in [0.25, 0.3) is 0 Å². The van der Waals surface area contributed by atoms with Gasteiger partial charge in [0.1, 0.15) is 11.8 Å². The van der Waals surface area contributed by atoms with E-state index in [9.17, 15) is 14.4 Å². The zero-order valence-electron chi connectivity index (χ0n) is 13.5. The number of nitrogens with one attached hydrogen (secondary N) is 2. The molecule has 0 atom stereocenters. The molecule has 1 aromatic heterocycles. The van der Waals surface area contributed by atoms with E-state index >= 15 is 0 Å². The van der Waals surface area contributed by atoms with Crippen LogP contribution in [0.2, 0.25) is 10.0 Å². The fourth-order valence-electron chi connectivity index (χ4n) is 2.16. The summed E-state index contributed by atoms with van der Waals surface area (Å²) in [6.07, 6.45) is 2.32. The lowest BCUT2D eigenvalue weighted by Crippen LogP contribution is -2.32. The van der Waals surface area contributed by atoms with Crippen molar-refractivity contribution in [1.82, 2.24) is 5.43 Å². The number of fused-ring (bicyclic) bond motifs is 1. The third kappa shape index (κ3) is 4.33. The first-order valence-corrected chi connectivity index (χ1v) is 8.31. The van der Waals surface area contributed by atoms with Gasteiger partial charge in [-0.3, -0.25) is 14.4 Å². The maximum absolute atomic E-state index is 12.3. The summed E-state index contributed by atoms with van der Waals surface area (Å²) in [5.74, 6) is -1.99. The van der Waals surface area contributed by atoms with Crippen LogP contribution in [0.15, 0.2) is 63.0 Å². The fourth-order valence-corrected chi connectivity index (χ4v) is 2.45. The number of anilines is 1. The second-order valence-electron chi connectivity index (χ2n) is 5.30. The van der Waals surface area contributed by atoms with Gasteiger partial charge in [-0.05, 0) is 30.3 Å². The summed E-state index contributed by atoms with van der Waals surface area (Å²) in [6, 6.07) is 11.1. The number of para-hydroxylation sites is 1. The molecule has 0 saturated heterocycles. The lowest BCUT2D eigenvalue weighted by Gasteiger charge is -2.05. The van der Waals surface area contributed by atoms with Gasteiger partial charge in [-0.15, -0.1) is 0 Å². The molecular weight excluding hydrogens is 393 g/mol. The molecule has 0 aliphatic carbocycles. The Morgan fingerprint density at radius 1 is 1.04 bits per heavy atom. The number of hydrogen-bond donors (Lipinski definition) is 2. The number of hydrogen-bond acceptors (Lipinski definition) is 5. The zero-order chi connectivity index (χ0) is 19.4. The molecule has 136 valence electrons. The van der Waals surface area contributed by atoms with Crippen LogP contribution in [0.25, 0.3) is 11.0 Å². The van der Waals surface area contributed by atoms with Crippen LogP contribution in [0, 0.1) is 0 Å². The van der Waals surface area contributed by atoms with Gasteiger partial charge < -0.3 is 9.73 Å². The lowest BCUT2D eigenvalue weighted by atomic mass is 10.2. The largest absolute Gasteiger partial charge is 0.463 e. The molecule has 2 amide bonds. The molecule has 0 fully saturated rings. The van der Waals surface area contributed by atoms with Crippen molar-refractivity contribution in [2.24, 2.45) is 5.10 Å². The van der Waals surface area contributed by atoms with Crippen LogP contribution in [0.3, 0.4) is 0 Å². The van der Waals surface area contributed by atoms with Crippen molar-refractivity contribution in [3.8, 4) is 0 Å². The van der Waals surface area contributed by atoms with E-state index in [4.69, 9.17) is 27.6 Å². The molecule has 3 aromatic rings. The Morgan fingerprint density at radius 2 is 1.81 bits per heavy atom. The van der Waals surface area contributed by atoms with Gasteiger partial charge >= 0.3 is 11.8 Å². The first kappa shape index (κ1) is 18.6. The Labute approximate surface area is 162 Å². The fraction of sp³-hybridized carbons (Fsp3) is 0. The minimum Gasteiger partial charge on any atom is -0.463 e. The van der Waals surface area contributed by atoms with E-state index in [2.05, 4.69) is 10.4 Å². The molecule has 0 unspecified atom stereocenters. The summed E-state index contributed by atoms with van der Waals surface area (Å²) in [5, 5.41) is 6.89. The van der Waals surface area contributed by atoms with E-state index in [1.165, 1.54) is 24.5 Å². The van der Waals surface area contributed by atoms with E-state index in [1.807, 2.05) is 5.43 Å². The number of rotatable bonds is 3. The summed E-state index contributed by atoms with van der Waals surface area (Å²) in [5.41, 5.74) is 2.58. The summed E-state index contributed by atoms with van der Waals surface area (Å²) in [6.45, 7) is 0. The highest BCUT2D eigenvalue weighted by Crippen LogP contribution is 2.24. The predicted octanol–water partition coefficient (Wildman–Crippen LogP) is 3.19. The Kier molecular flexibility index (Phi) is 5.54. The van der Waals surface area contributed by atoms with E-state index in [1.54, 1.807) is 24.3 Å². The highest BCUT2D eigenvalue weighted by Gasteiger charge is 2.13. The van der Waals surface area contributed by atoms with Crippen LogP contribution in [-0.2, 0) is 9.59 Å². The second-order valence-corrected chi connectivity index (χ2v) is 6.11. The van der Waals surface area contributed by atoms with Crippen molar-refractivity contribution < 1.29 is 14.0 Å². The van der Waals surface area contributed by atoms with Gasteiger partial charge in [-0.2, -0.15) is 5.10 Å². The molecule has 9 heteroatoms. The van der Waals surface area contributed by atoms with Crippen LogP contribution in [0.4, 0.5) is 5.69 Å². The minimum atomic E-state index is -1.03. The van der Waals surface area contributed by atoms with Crippen LogP contribution < -0.4 is 16.2 Å². The number of hydrazone groups is 1. The summed E-state index contributed by atoms with van der Waals surface area (Å²) < 4.78 is 5.32. The smallest absolute Gasteiger partial charge is 0.329 e. The molecule has 1 heterocycles. The van der Waals surface area contributed by atoms with Gasteiger partial charge in [-0.25, -0.2) is 5.43 Å². The van der Waals surface area contributed by atoms with Crippen LogP contribution in [-0.4, -0.2) is 18.0 Å². The average molecular weight is 404 g/mol. The van der Waals surface area contributed by atoms with Crippen LogP contribution in [0.1, 0.15) is 5.56 Å². The van der Waals surface area contributed by atoms with Crippen molar-refractivity contribution >= 4 is 57.9 Å². The monoisotopic (exact) mass is 403 g/mol. The molecule has 0 saturated carbocycles. The zero-order valence-corrected chi connectivity index (χ0v) is 15.0. The maximum atomic E-state index is 12.3. The molecule has 0 bridgehead atoms. The second kappa shape index (κ2) is 8.03. The molecule has 0 spiro atoms. The predicted molar refractivity (Wildman–Crippen MR) is 103 cm³/mol. The minimum absolute atomic E-state index is 0.124. The van der Waals surface area contributed by atoms with E-state index in [0.717, 1.165) is 6.21 Å². The molecule has 0 aliphatic heterocycles. The quantitative estimate of drug-likeness (QED) is 0.398. The Morgan fingerprint density at radius 3 is 2.59 bits per heavy atom. The molecule has 7 nitrogen and oxygen atoms in total. The highest BCUT2D eigenvalue weighted by atomic mass is 35.5. The number of halogens is 2. The summed E-state index contributed by atoms with van der Waals surface area (Å²) in [4.78, 5) is 35.9. The molecule has 0 radical (unpaired) electrons. The molecular formula is C18H11Cl2N3O4. The number of benzene rings is 2. The number of carbonyl (C=O) groups is 2. The standard InChI is InChI=1S/C18H11Cl2N3O4/c19-13-6-5-11(7-14(13)20)22-17(25)18(26)23-21-8-10-9-27-15-4-2-1-3-12(15)16(10)24/h1-9H,(H,22,25)(H,23,26)/b21-8-. The van der Waals surface area contributed by atoms with E-state index < -0.39 is 11.8 Å². The lowest BCUT2D eigenvalue weighted by molar-refractivity contribution is -0.136. The summed E-state index contributed by atoms with van der Waals surface area (Å²) in [7, 11) is 0. The Bertz CT molecular complexity index is 1130. The third-order valence-corrected chi connectivity index (χ3v) is 4.20. The number of nitrogens with zero attached hydrogens (tertiary/aromatic N) is 1. The van der Waals surface area contributed by atoms with Crippen LogP contribution >= 0.6 is 23.2 Å². The van der Waals surface area contributed by atoms with Gasteiger partial charge in [0.05, 0.1) is 27.2 Å². The van der Waals surface area contributed by atoms with Crippen molar-refractivity contribution in [1.29, 1.82) is 0 Å². The van der Waals surface area contributed by atoms with Crippen molar-refractivity contribution in [2.75, 3.05) is 5.32 Å². The SMILES string of the molecule is O=C(N/N=C\c1coc2ccccc2c1=O)C(=O)Nc1ccc(Cl)c(Cl)c1. The van der Waals surface area contributed by atoms with Crippen molar-refractivity contribution in [3.63, 3.8) is 0 Å². The average Bonchev–Trinajstić information content (AvgIpc) is 2.66. The van der Waals surface area contributed by atoms with E-state index in [-0.39, 0.29) is 16.0 Å². The van der Waals surface area contributed by atoms with Crippen molar-refractivity contribution in [2.45, 2.75) is 0 Å². The molecule has 3 rings (SSSR count). The van der Waals surface area contributed by atoms with Gasteiger partial charge in [0.15, 0.2) is 0 Å². The highest BCUT2D eigenvalue weighted by molar-refractivity contribution is 6.42. The molecule has 2 aromatic carbocycles. The van der Waals surface area contributed by atoms with E-state index in [0.29, 0.717) is 21.7 Å². The maximum Gasteiger partial charge on any atom is 0.329 e. The third-order valence-electron chi connectivity index (χ3n) is 3.46. The van der Waals surface area contributed by atoms with Gasteiger partial charge in [0.2, 0.25) is 5.43 Å². The molecule has 2 N–H and O–H groups in total. The molecule has 0 aliphatic rings. The Balaban J connectivity index is 1.66.